The maximum atomic E-state index is 12.6. The van der Waals surface area contributed by atoms with E-state index in [2.05, 4.69) is 93.4 Å². The van der Waals surface area contributed by atoms with Crippen LogP contribution in [0.3, 0.4) is 0 Å². The smallest absolute Gasteiger partial charge is 0.225 e. The van der Waals surface area contributed by atoms with Gasteiger partial charge in [0.1, 0.15) is 5.75 Å². The molecule has 0 radical (unpaired) electrons. The summed E-state index contributed by atoms with van der Waals surface area (Å²) in [6, 6.07) is 15.0. The lowest BCUT2D eigenvalue weighted by atomic mass is 9.85. The fraction of sp³-hybridized carbons (Fsp3) is 0.590. The van der Waals surface area contributed by atoms with Gasteiger partial charge in [-0.1, -0.05) is 134 Å². The second-order valence-electron chi connectivity index (χ2n) is 13.5. The van der Waals surface area contributed by atoms with Gasteiger partial charge in [0, 0.05) is 24.7 Å². The minimum atomic E-state index is -0.0169. The van der Waals surface area contributed by atoms with E-state index in [9.17, 15) is 4.79 Å². The topological polar surface area (TPSA) is 33.4 Å². The van der Waals surface area contributed by atoms with Crippen LogP contribution in [0.2, 0.25) is 0 Å². The van der Waals surface area contributed by atoms with Crippen molar-refractivity contribution in [2.24, 2.45) is 0 Å². The van der Waals surface area contributed by atoms with Crippen LogP contribution in [-0.2, 0) is 23.2 Å². The van der Waals surface area contributed by atoms with Gasteiger partial charge in [0.15, 0.2) is 12.7 Å². The molecule has 0 unspecified atom stereocenters. The molecule has 5 heteroatoms. The predicted molar refractivity (Wildman–Crippen MR) is 188 cm³/mol. The van der Waals surface area contributed by atoms with Crippen LogP contribution in [0.25, 0.3) is 0 Å². The number of rotatable bonds is 20. The van der Waals surface area contributed by atoms with E-state index in [1.54, 1.807) is 18.3 Å². The molecule has 3 aromatic rings. The van der Waals surface area contributed by atoms with Crippen molar-refractivity contribution in [3.63, 3.8) is 0 Å². The zero-order valence-corrected chi connectivity index (χ0v) is 29.4. The molecule has 0 fully saturated rings. The van der Waals surface area contributed by atoms with Gasteiger partial charge in [-0.2, -0.15) is 4.57 Å². The second kappa shape index (κ2) is 19.0. The highest BCUT2D eigenvalue weighted by molar-refractivity contribution is 7.09. The van der Waals surface area contributed by atoms with Gasteiger partial charge in [0.2, 0.25) is 11.4 Å². The number of amides is 1. The SMILES string of the molecule is CCCCCCCCCCCCCCOc1ccc(CCN(C(C)=O)c2ccc(C[n+]3csc(C)c3)cc2)cc1C(C)(C)C. The number of thiazole rings is 1. The third-order valence-electron chi connectivity index (χ3n) is 8.45. The number of nitrogens with zero attached hydrogens (tertiary/aromatic N) is 2. The Kier molecular flexibility index (Phi) is 15.5. The molecule has 0 saturated heterocycles. The van der Waals surface area contributed by atoms with E-state index in [4.69, 9.17) is 4.74 Å². The number of ether oxygens (including phenoxy) is 1. The summed E-state index contributed by atoms with van der Waals surface area (Å²) in [6.45, 7) is 15.1. The third-order valence-corrected chi connectivity index (χ3v) is 9.30. The van der Waals surface area contributed by atoms with E-state index in [1.807, 2.05) is 4.90 Å². The maximum Gasteiger partial charge on any atom is 0.225 e. The number of hydrogen-bond donors (Lipinski definition) is 0. The van der Waals surface area contributed by atoms with Crippen LogP contribution in [0.4, 0.5) is 5.69 Å². The Balaban J connectivity index is 1.45. The monoisotopic (exact) mass is 619 g/mol. The Morgan fingerprint density at radius 2 is 1.43 bits per heavy atom. The average molecular weight is 620 g/mol. The molecular weight excluding hydrogens is 561 g/mol. The highest BCUT2D eigenvalue weighted by atomic mass is 32.1. The zero-order chi connectivity index (χ0) is 31.8. The zero-order valence-electron chi connectivity index (χ0n) is 28.6. The summed E-state index contributed by atoms with van der Waals surface area (Å²) < 4.78 is 8.54. The van der Waals surface area contributed by atoms with Gasteiger partial charge in [-0.25, -0.2) is 0 Å². The molecule has 0 atom stereocenters. The van der Waals surface area contributed by atoms with Crippen molar-refractivity contribution in [3.05, 3.63) is 75.7 Å². The molecule has 242 valence electrons. The van der Waals surface area contributed by atoms with E-state index in [1.165, 1.54) is 92.2 Å². The normalized spacial score (nSPS) is 11.6. The molecule has 4 nitrogen and oxygen atoms in total. The molecule has 0 N–H and O–H groups in total. The largest absolute Gasteiger partial charge is 0.493 e. The lowest BCUT2D eigenvalue weighted by molar-refractivity contribution is -0.683. The van der Waals surface area contributed by atoms with E-state index in [-0.39, 0.29) is 11.3 Å². The first-order chi connectivity index (χ1) is 21.2. The first-order valence-corrected chi connectivity index (χ1v) is 18.1. The number of unbranched alkanes of at least 4 members (excludes halogenated alkanes) is 11. The van der Waals surface area contributed by atoms with Crippen LogP contribution in [-0.4, -0.2) is 19.1 Å². The summed E-state index contributed by atoms with van der Waals surface area (Å²) in [5.74, 6) is 1.07. The molecule has 0 aliphatic carbocycles. The molecule has 0 bridgehead atoms. The average Bonchev–Trinajstić information content (AvgIpc) is 3.40. The summed E-state index contributed by atoms with van der Waals surface area (Å²) in [7, 11) is 0. The number of aromatic nitrogens is 1. The van der Waals surface area contributed by atoms with E-state index >= 15 is 0 Å². The number of hydrogen-bond acceptors (Lipinski definition) is 3. The minimum absolute atomic E-state index is 0.0169. The van der Waals surface area contributed by atoms with Crippen LogP contribution in [0, 0.1) is 6.92 Å². The van der Waals surface area contributed by atoms with Crippen LogP contribution < -0.4 is 14.2 Å². The molecule has 0 saturated carbocycles. The van der Waals surface area contributed by atoms with Crippen molar-refractivity contribution in [1.29, 1.82) is 0 Å². The highest BCUT2D eigenvalue weighted by Gasteiger charge is 2.20. The third kappa shape index (κ3) is 12.8. The van der Waals surface area contributed by atoms with Crippen molar-refractivity contribution >= 4 is 22.9 Å². The van der Waals surface area contributed by atoms with Gasteiger partial charge >= 0.3 is 0 Å². The van der Waals surface area contributed by atoms with E-state index in [0.29, 0.717) is 6.54 Å². The van der Waals surface area contributed by atoms with Crippen LogP contribution >= 0.6 is 11.3 Å². The van der Waals surface area contributed by atoms with E-state index < -0.39 is 0 Å². The predicted octanol–water partition coefficient (Wildman–Crippen LogP) is 10.4. The summed E-state index contributed by atoms with van der Waals surface area (Å²) >= 11 is 1.76. The molecule has 1 amide bonds. The van der Waals surface area contributed by atoms with E-state index in [0.717, 1.165) is 37.4 Å². The number of carbonyl (C=O) groups excluding carboxylic acids is 1. The second-order valence-corrected chi connectivity index (χ2v) is 14.6. The van der Waals surface area contributed by atoms with Crippen molar-refractivity contribution in [1.82, 2.24) is 0 Å². The molecule has 3 rings (SSSR count). The Hall–Kier alpha value is -2.66. The van der Waals surface area contributed by atoms with Gasteiger partial charge in [-0.3, -0.25) is 4.79 Å². The molecule has 0 aliphatic rings. The van der Waals surface area contributed by atoms with Gasteiger partial charge in [-0.05, 0) is 54.5 Å². The van der Waals surface area contributed by atoms with Gasteiger partial charge in [0.05, 0.1) is 11.5 Å². The van der Waals surface area contributed by atoms with Crippen molar-refractivity contribution in [2.75, 3.05) is 18.1 Å². The first-order valence-electron chi connectivity index (χ1n) is 17.2. The Morgan fingerprint density at radius 1 is 0.841 bits per heavy atom. The summed E-state index contributed by atoms with van der Waals surface area (Å²) in [6.07, 6.45) is 19.2. The summed E-state index contributed by atoms with van der Waals surface area (Å²) in [5.41, 5.74) is 6.79. The maximum absolute atomic E-state index is 12.6. The highest BCUT2D eigenvalue weighted by Crippen LogP contribution is 2.33. The van der Waals surface area contributed by atoms with Crippen molar-refractivity contribution in [2.45, 2.75) is 137 Å². The molecule has 1 aromatic heterocycles. The molecule has 0 spiro atoms. The molecule has 0 aliphatic heterocycles. The standard InChI is InChI=1S/C39H59N2O2S/c1-7-8-9-10-11-12-13-14-15-16-17-18-27-43-38-24-21-34(28-37(38)39(4,5)6)25-26-41(33(3)42)36-22-19-35(20-23-36)30-40-29-32(2)44-31-40/h19-24,28-29,31H,7-18,25-27,30H2,1-6H3/q+1. The van der Waals surface area contributed by atoms with Gasteiger partial charge in [0.25, 0.3) is 0 Å². The Bertz CT molecular complexity index is 1240. The number of anilines is 1. The fourth-order valence-electron chi connectivity index (χ4n) is 5.80. The van der Waals surface area contributed by atoms with Crippen LogP contribution in [0.1, 0.15) is 133 Å². The minimum Gasteiger partial charge on any atom is -0.493 e. The lowest BCUT2D eigenvalue weighted by Gasteiger charge is -2.25. The Morgan fingerprint density at radius 3 is 1.98 bits per heavy atom. The van der Waals surface area contributed by atoms with Crippen LogP contribution in [0.15, 0.2) is 54.2 Å². The van der Waals surface area contributed by atoms with Gasteiger partial charge < -0.3 is 9.64 Å². The number of carbonyl (C=O) groups is 1. The summed E-state index contributed by atoms with van der Waals surface area (Å²) in [5, 5.41) is 0. The fourth-order valence-corrected chi connectivity index (χ4v) is 6.43. The molecular formula is C39H59N2O2S+. The van der Waals surface area contributed by atoms with Crippen LogP contribution in [0.5, 0.6) is 5.75 Å². The lowest BCUT2D eigenvalue weighted by Crippen LogP contribution is -2.32. The molecule has 1 heterocycles. The van der Waals surface area contributed by atoms with Gasteiger partial charge in [-0.15, -0.1) is 0 Å². The first kappa shape index (κ1) is 35.8. The molecule has 44 heavy (non-hydrogen) atoms. The number of aryl methyl sites for hydroxylation is 1. The number of benzene rings is 2. The summed E-state index contributed by atoms with van der Waals surface area (Å²) in [4.78, 5) is 15.8. The quantitative estimate of drug-likeness (QED) is 0.0931. The van der Waals surface area contributed by atoms with Crippen molar-refractivity contribution in [3.8, 4) is 5.75 Å². The van der Waals surface area contributed by atoms with Crippen molar-refractivity contribution < 1.29 is 14.1 Å². The molecule has 2 aromatic carbocycles. The Labute approximate surface area is 272 Å².